The molecule has 1 aromatic carbocycles. The maximum atomic E-state index is 12.7. The number of piperidine rings is 1. The monoisotopic (exact) mass is 392 g/mol. The van der Waals surface area contributed by atoms with E-state index in [-0.39, 0.29) is 42.3 Å². The smallest absolute Gasteiger partial charge is 0.243 e. The summed E-state index contributed by atoms with van der Waals surface area (Å²) < 4.78 is 26.7. The van der Waals surface area contributed by atoms with Gasteiger partial charge >= 0.3 is 0 Å². The van der Waals surface area contributed by atoms with Gasteiger partial charge in [-0.15, -0.1) is 0 Å². The Morgan fingerprint density at radius 2 is 1.81 bits per heavy atom. The number of rotatable bonds is 7. The first-order chi connectivity index (χ1) is 12.9. The van der Waals surface area contributed by atoms with E-state index in [2.05, 4.69) is 10.6 Å². The zero-order valence-electron chi connectivity index (χ0n) is 15.3. The molecule has 1 aromatic rings. The normalized spacial score (nSPS) is 15.7. The van der Waals surface area contributed by atoms with Crippen LogP contribution in [-0.4, -0.2) is 50.7 Å². The Hall–Kier alpha value is -2.44. The van der Waals surface area contributed by atoms with Crippen molar-refractivity contribution >= 4 is 21.8 Å². The molecule has 8 nitrogen and oxygen atoms in total. The van der Waals surface area contributed by atoms with E-state index < -0.39 is 10.0 Å². The molecule has 1 heterocycles. The molecule has 0 atom stereocenters. The van der Waals surface area contributed by atoms with Gasteiger partial charge in [-0.05, 0) is 43.5 Å². The minimum Gasteiger partial charge on any atom is -0.355 e. The predicted octanol–water partition coefficient (Wildman–Crippen LogP) is 0.601. The van der Waals surface area contributed by atoms with Gasteiger partial charge in [0.1, 0.15) is 0 Å². The number of amides is 2. The number of hydrogen-bond donors (Lipinski definition) is 2. The number of nitrogens with zero attached hydrogens (tertiary/aromatic N) is 2. The molecule has 0 radical (unpaired) electrons. The number of hydrogen-bond acceptors (Lipinski definition) is 5. The largest absolute Gasteiger partial charge is 0.355 e. The molecule has 9 heteroatoms. The average Bonchev–Trinajstić information content (AvgIpc) is 2.70. The van der Waals surface area contributed by atoms with Crippen LogP contribution in [0.15, 0.2) is 29.2 Å². The number of carbonyl (C=O) groups is 2. The molecular weight excluding hydrogens is 368 g/mol. The Labute approximate surface area is 159 Å². The first-order valence-corrected chi connectivity index (χ1v) is 10.4. The van der Waals surface area contributed by atoms with Gasteiger partial charge in [0.25, 0.3) is 0 Å². The van der Waals surface area contributed by atoms with Crippen LogP contribution in [0.5, 0.6) is 0 Å². The third kappa shape index (κ3) is 5.52. The summed E-state index contributed by atoms with van der Waals surface area (Å²) in [6, 6.07) is 7.73. The van der Waals surface area contributed by atoms with E-state index in [9.17, 15) is 18.0 Å². The van der Waals surface area contributed by atoms with Crippen molar-refractivity contribution < 1.29 is 18.0 Å². The van der Waals surface area contributed by atoms with Gasteiger partial charge < -0.3 is 10.6 Å². The van der Waals surface area contributed by atoms with Crippen molar-refractivity contribution in [1.29, 1.82) is 5.26 Å². The quantitative estimate of drug-likeness (QED) is 0.704. The molecule has 0 unspecified atom stereocenters. The maximum Gasteiger partial charge on any atom is 0.243 e. The van der Waals surface area contributed by atoms with Gasteiger partial charge in [0.2, 0.25) is 21.8 Å². The Morgan fingerprint density at radius 1 is 1.19 bits per heavy atom. The molecule has 0 bridgehead atoms. The molecule has 27 heavy (non-hydrogen) atoms. The first kappa shape index (κ1) is 20.9. The lowest BCUT2D eigenvalue weighted by Gasteiger charge is -2.30. The second-order valence-electron chi connectivity index (χ2n) is 6.38. The van der Waals surface area contributed by atoms with Crippen LogP contribution in [0.2, 0.25) is 0 Å². The SMILES string of the molecule is CCCNC(=O)CNC(=O)C1CCN(S(=O)(=O)c2ccc(C#N)cc2)CC1. The van der Waals surface area contributed by atoms with E-state index in [1.807, 2.05) is 13.0 Å². The topological polar surface area (TPSA) is 119 Å². The predicted molar refractivity (Wildman–Crippen MR) is 99.0 cm³/mol. The van der Waals surface area contributed by atoms with Crippen LogP contribution in [0.1, 0.15) is 31.7 Å². The summed E-state index contributed by atoms with van der Waals surface area (Å²) in [4.78, 5) is 23.9. The summed E-state index contributed by atoms with van der Waals surface area (Å²) >= 11 is 0. The van der Waals surface area contributed by atoms with Gasteiger partial charge in [0, 0.05) is 25.6 Å². The summed E-state index contributed by atoms with van der Waals surface area (Å²) in [6.45, 7) is 2.92. The van der Waals surface area contributed by atoms with Gasteiger partial charge in [0.05, 0.1) is 23.1 Å². The minimum absolute atomic E-state index is 0.0669. The van der Waals surface area contributed by atoms with Crippen LogP contribution in [0.3, 0.4) is 0 Å². The molecule has 2 amide bonds. The summed E-state index contributed by atoms with van der Waals surface area (Å²) in [5.74, 6) is -0.764. The van der Waals surface area contributed by atoms with E-state index in [1.54, 1.807) is 0 Å². The fourth-order valence-electron chi connectivity index (χ4n) is 2.85. The highest BCUT2D eigenvalue weighted by Gasteiger charge is 2.32. The van der Waals surface area contributed by atoms with Crippen LogP contribution in [0.25, 0.3) is 0 Å². The van der Waals surface area contributed by atoms with Crippen LogP contribution in [0, 0.1) is 17.2 Å². The molecule has 146 valence electrons. The van der Waals surface area contributed by atoms with Crippen molar-refractivity contribution in [2.45, 2.75) is 31.1 Å². The van der Waals surface area contributed by atoms with E-state index in [0.29, 0.717) is 24.9 Å². The average molecular weight is 392 g/mol. The first-order valence-electron chi connectivity index (χ1n) is 8.93. The Morgan fingerprint density at radius 3 is 2.37 bits per heavy atom. The van der Waals surface area contributed by atoms with Crippen molar-refractivity contribution in [2.75, 3.05) is 26.2 Å². The summed E-state index contributed by atoms with van der Waals surface area (Å²) in [5.41, 5.74) is 0.396. The highest BCUT2D eigenvalue weighted by atomic mass is 32.2. The van der Waals surface area contributed by atoms with E-state index in [4.69, 9.17) is 5.26 Å². The molecule has 1 aliphatic heterocycles. The third-order valence-electron chi connectivity index (χ3n) is 4.44. The molecule has 2 rings (SSSR count). The zero-order chi connectivity index (χ0) is 19.9. The summed E-state index contributed by atoms with van der Waals surface area (Å²) in [5, 5.41) is 14.1. The number of nitriles is 1. The maximum absolute atomic E-state index is 12.7. The van der Waals surface area contributed by atoms with Crippen LogP contribution in [0.4, 0.5) is 0 Å². The van der Waals surface area contributed by atoms with Crippen molar-refractivity contribution in [1.82, 2.24) is 14.9 Å². The molecular formula is C18H24N4O4S. The Kier molecular flexibility index (Phi) is 7.33. The van der Waals surface area contributed by atoms with Crippen LogP contribution in [-0.2, 0) is 19.6 Å². The van der Waals surface area contributed by atoms with Crippen molar-refractivity contribution in [3.05, 3.63) is 29.8 Å². The van der Waals surface area contributed by atoms with Gasteiger partial charge in [-0.2, -0.15) is 9.57 Å². The fourth-order valence-corrected chi connectivity index (χ4v) is 4.32. The van der Waals surface area contributed by atoms with Crippen molar-refractivity contribution in [3.8, 4) is 6.07 Å². The molecule has 0 aliphatic carbocycles. The summed E-state index contributed by atoms with van der Waals surface area (Å²) in [7, 11) is -3.64. The third-order valence-corrected chi connectivity index (χ3v) is 6.35. The Balaban J connectivity index is 1.87. The molecule has 0 spiro atoms. The summed E-state index contributed by atoms with van der Waals surface area (Å²) in [6.07, 6.45) is 1.63. The highest BCUT2D eigenvalue weighted by molar-refractivity contribution is 7.89. The molecule has 1 fully saturated rings. The van der Waals surface area contributed by atoms with Crippen LogP contribution < -0.4 is 10.6 Å². The number of carbonyl (C=O) groups excluding carboxylic acids is 2. The van der Waals surface area contributed by atoms with E-state index >= 15 is 0 Å². The molecule has 1 saturated heterocycles. The van der Waals surface area contributed by atoms with Crippen LogP contribution >= 0.6 is 0 Å². The van der Waals surface area contributed by atoms with Crippen molar-refractivity contribution in [3.63, 3.8) is 0 Å². The van der Waals surface area contributed by atoms with Gasteiger partial charge in [0.15, 0.2) is 0 Å². The van der Waals surface area contributed by atoms with E-state index in [1.165, 1.54) is 28.6 Å². The number of nitrogens with one attached hydrogen (secondary N) is 2. The number of sulfonamides is 1. The highest BCUT2D eigenvalue weighted by Crippen LogP contribution is 2.24. The lowest BCUT2D eigenvalue weighted by Crippen LogP contribution is -2.45. The second-order valence-corrected chi connectivity index (χ2v) is 8.32. The number of benzene rings is 1. The fraction of sp³-hybridized carbons (Fsp3) is 0.500. The molecule has 2 N–H and O–H groups in total. The molecule has 0 saturated carbocycles. The lowest BCUT2D eigenvalue weighted by molar-refractivity contribution is -0.129. The van der Waals surface area contributed by atoms with E-state index in [0.717, 1.165) is 6.42 Å². The zero-order valence-corrected chi connectivity index (χ0v) is 16.1. The van der Waals surface area contributed by atoms with Gasteiger partial charge in [-0.1, -0.05) is 6.92 Å². The standard InChI is InChI=1S/C18H24N4O4S/c1-2-9-20-17(23)13-21-18(24)15-7-10-22(11-8-15)27(25,26)16-5-3-14(12-19)4-6-16/h3-6,15H,2,7-11,13H2,1H3,(H,20,23)(H,21,24). The molecule has 0 aromatic heterocycles. The Bertz CT molecular complexity index is 807. The van der Waals surface area contributed by atoms with Gasteiger partial charge in [-0.3, -0.25) is 9.59 Å². The van der Waals surface area contributed by atoms with Gasteiger partial charge in [-0.25, -0.2) is 8.42 Å². The van der Waals surface area contributed by atoms with Crippen molar-refractivity contribution in [2.24, 2.45) is 5.92 Å². The molecule has 1 aliphatic rings. The lowest BCUT2D eigenvalue weighted by atomic mass is 9.97. The second kappa shape index (κ2) is 9.48. The minimum atomic E-state index is -3.64.